The van der Waals surface area contributed by atoms with E-state index in [1.54, 1.807) is 11.3 Å². The van der Waals surface area contributed by atoms with Crippen molar-refractivity contribution in [3.63, 3.8) is 0 Å². The quantitative estimate of drug-likeness (QED) is 0.860. The zero-order chi connectivity index (χ0) is 13.1. The first kappa shape index (κ1) is 13.1. The smallest absolute Gasteiger partial charge is 0.0897 e. The lowest BCUT2D eigenvalue weighted by Crippen LogP contribution is -2.18. The van der Waals surface area contributed by atoms with Gasteiger partial charge in [-0.1, -0.05) is 12.1 Å². The van der Waals surface area contributed by atoms with Crippen molar-refractivity contribution in [2.75, 3.05) is 12.8 Å². The Labute approximate surface area is 112 Å². The minimum absolute atomic E-state index is 0.866. The van der Waals surface area contributed by atoms with Gasteiger partial charge in [0, 0.05) is 24.2 Å². The number of hydrogen-bond donors (Lipinski definition) is 1. The van der Waals surface area contributed by atoms with Gasteiger partial charge in [0.1, 0.15) is 0 Å². The fourth-order valence-electron chi connectivity index (χ4n) is 1.98. The van der Waals surface area contributed by atoms with E-state index in [4.69, 9.17) is 5.73 Å². The number of rotatable bonds is 4. The van der Waals surface area contributed by atoms with Crippen LogP contribution in [0.25, 0.3) is 0 Å². The van der Waals surface area contributed by atoms with Crippen molar-refractivity contribution < 1.29 is 0 Å². The molecule has 0 fully saturated rings. The minimum Gasteiger partial charge on any atom is -0.399 e. The van der Waals surface area contributed by atoms with Crippen molar-refractivity contribution in [1.29, 1.82) is 0 Å². The predicted octanol–water partition coefficient (Wildman–Crippen LogP) is 2.97. The first-order valence-electron chi connectivity index (χ1n) is 6.00. The Hall–Kier alpha value is -1.39. The van der Waals surface area contributed by atoms with E-state index in [0.717, 1.165) is 29.5 Å². The van der Waals surface area contributed by atoms with E-state index in [0.29, 0.717) is 0 Å². The second-order valence-corrected chi connectivity index (χ2v) is 5.72. The molecule has 0 saturated carbocycles. The van der Waals surface area contributed by atoms with Crippen LogP contribution in [0.1, 0.15) is 21.8 Å². The summed E-state index contributed by atoms with van der Waals surface area (Å²) in [5.74, 6) is 0. The zero-order valence-corrected chi connectivity index (χ0v) is 11.9. The van der Waals surface area contributed by atoms with Crippen molar-refractivity contribution >= 4 is 17.0 Å². The molecule has 0 radical (unpaired) electrons. The number of thiazole rings is 1. The topological polar surface area (TPSA) is 42.2 Å². The fraction of sp³-hybridized carbons (Fsp3) is 0.357. The summed E-state index contributed by atoms with van der Waals surface area (Å²) in [5, 5.41) is 3.25. The first-order valence-corrected chi connectivity index (χ1v) is 6.87. The van der Waals surface area contributed by atoms with E-state index in [1.165, 1.54) is 11.1 Å². The predicted molar refractivity (Wildman–Crippen MR) is 77.6 cm³/mol. The molecule has 3 nitrogen and oxygen atoms in total. The van der Waals surface area contributed by atoms with E-state index in [9.17, 15) is 0 Å². The maximum absolute atomic E-state index is 5.92. The van der Waals surface area contributed by atoms with Gasteiger partial charge in [-0.15, -0.1) is 11.3 Å². The largest absolute Gasteiger partial charge is 0.399 e. The fourth-order valence-corrected chi connectivity index (χ4v) is 2.58. The van der Waals surface area contributed by atoms with Crippen LogP contribution in [0, 0.1) is 13.8 Å². The van der Waals surface area contributed by atoms with E-state index in [1.807, 2.05) is 19.1 Å². The summed E-state index contributed by atoms with van der Waals surface area (Å²) in [7, 11) is 2.11. The third kappa shape index (κ3) is 3.09. The van der Waals surface area contributed by atoms with Crippen LogP contribution in [0.3, 0.4) is 0 Å². The lowest BCUT2D eigenvalue weighted by Gasteiger charge is -2.17. The molecular formula is C14H19N3S. The van der Waals surface area contributed by atoms with Crippen LogP contribution in [0.15, 0.2) is 23.6 Å². The molecule has 0 saturated heterocycles. The van der Waals surface area contributed by atoms with E-state index in [2.05, 4.69) is 35.3 Å². The summed E-state index contributed by atoms with van der Waals surface area (Å²) in [6.45, 7) is 5.88. The maximum Gasteiger partial charge on any atom is 0.0897 e. The third-order valence-electron chi connectivity index (χ3n) is 3.03. The van der Waals surface area contributed by atoms with Crippen molar-refractivity contribution in [3.05, 3.63) is 45.4 Å². The summed E-state index contributed by atoms with van der Waals surface area (Å²) in [5.41, 5.74) is 10.4. The van der Waals surface area contributed by atoms with Crippen LogP contribution in [-0.2, 0) is 13.1 Å². The van der Waals surface area contributed by atoms with E-state index >= 15 is 0 Å². The SMILES string of the molecule is Cc1nc(CN(C)Cc2cccc(N)c2C)cs1. The molecule has 1 aromatic heterocycles. The van der Waals surface area contributed by atoms with Gasteiger partial charge in [-0.2, -0.15) is 0 Å². The number of nitrogens with zero attached hydrogens (tertiary/aromatic N) is 2. The standard InChI is InChI=1S/C14H19N3S/c1-10-12(5-4-6-14(10)15)7-17(3)8-13-9-18-11(2)16-13/h4-6,9H,7-8,15H2,1-3H3. The van der Waals surface area contributed by atoms with Gasteiger partial charge in [0.2, 0.25) is 0 Å². The van der Waals surface area contributed by atoms with Gasteiger partial charge >= 0.3 is 0 Å². The number of benzene rings is 1. The molecule has 0 amide bonds. The van der Waals surface area contributed by atoms with Crippen LogP contribution in [0.5, 0.6) is 0 Å². The van der Waals surface area contributed by atoms with Crippen LogP contribution in [-0.4, -0.2) is 16.9 Å². The molecular weight excluding hydrogens is 242 g/mol. The Balaban J connectivity index is 2.03. The zero-order valence-electron chi connectivity index (χ0n) is 11.1. The molecule has 0 aliphatic rings. The van der Waals surface area contributed by atoms with Gasteiger partial charge < -0.3 is 5.73 Å². The molecule has 0 aliphatic heterocycles. The Bertz CT molecular complexity index is 534. The number of anilines is 1. The second-order valence-electron chi connectivity index (χ2n) is 4.66. The molecule has 1 aromatic carbocycles. The molecule has 0 unspecified atom stereocenters. The van der Waals surface area contributed by atoms with Crippen LogP contribution in [0.2, 0.25) is 0 Å². The van der Waals surface area contributed by atoms with Gasteiger partial charge in [-0.25, -0.2) is 4.98 Å². The molecule has 96 valence electrons. The van der Waals surface area contributed by atoms with Crippen LogP contribution < -0.4 is 5.73 Å². The number of nitrogens with two attached hydrogens (primary N) is 1. The van der Waals surface area contributed by atoms with Crippen molar-refractivity contribution in [2.24, 2.45) is 0 Å². The lowest BCUT2D eigenvalue weighted by molar-refractivity contribution is 0.315. The highest BCUT2D eigenvalue weighted by Crippen LogP contribution is 2.18. The lowest BCUT2D eigenvalue weighted by atomic mass is 10.1. The van der Waals surface area contributed by atoms with Gasteiger partial charge in [0.15, 0.2) is 0 Å². The van der Waals surface area contributed by atoms with E-state index in [-0.39, 0.29) is 0 Å². The van der Waals surface area contributed by atoms with Gasteiger partial charge in [-0.05, 0) is 38.1 Å². The van der Waals surface area contributed by atoms with Crippen molar-refractivity contribution in [1.82, 2.24) is 9.88 Å². The van der Waals surface area contributed by atoms with Gasteiger partial charge in [-0.3, -0.25) is 4.90 Å². The minimum atomic E-state index is 0.866. The summed E-state index contributed by atoms with van der Waals surface area (Å²) in [6.07, 6.45) is 0. The Morgan fingerprint density at radius 1 is 1.28 bits per heavy atom. The van der Waals surface area contributed by atoms with Crippen molar-refractivity contribution in [2.45, 2.75) is 26.9 Å². The molecule has 2 rings (SSSR count). The summed E-state index contributed by atoms with van der Waals surface area (Å²) < 4.78 is 0. The highest BCUT2D eigenvalue weighted by molar-refractivity contribution is 7.09. The molecule has 1 heterocycles. The monoisotopic (exact) mass is 261 g/mol. The molecule has 4 heteroatoms. The molecule has 2 aromatic rings. The van der Waals surface area contributed by atoms with Gasteiger partial charge in [0.25, 0.3) is 0 Å². The normalized spacial score (nSPS) is 11.1. The number of nitrogen functional groups attached to an aromatic ring is 1. The Kier molecular flexibility index (Phi) is 3.99. The Morgan fingerprint density at radius 3 is 2.72 bits per heavy atom. The number of hydrogen-bond acceptors (Lipinski definition) is 4. The summed E-state index contributed by atoms with van der Waals surface area (Å²) in [6, 6.07) is 6.09. The average molecular weight is 261 g/mol. The summed E-state index contributed by atoms with van der Waals surface area (Å²) in [4.78, 5) is 6.74. The average Bonchev–Trinajstić information content (AvgIpc) is 2.70. The molecule has 0 atom stereocenters. The molecule has 18 heavy (non-hydrogen) atoms. The van der Waals surface area contributed by atoms with Crippen LogP contribution in [0.4, 0.5) is 5.69 Å². The second kappa shape index (κ2) is 5.50. The van der Waals surface area contributed by atoms with Crippen molar-refractivity contribution in [3.8, 4) is 0 Å². The third-order valence-corrected chi connectivity index (χ3v) is 3.85. The van der Waals surface area contributed by atoms with E-state index < -0.39 is 0 Å². The Morgan fingerprint density at radius 2 is 2.06 bits per heavy atom. The highest BCUT2D eigenvalue weighted by Gasteiger charge is 2.07. The number of aryl methyl sites for hydroxylation is 1. The van der Waals surface area contributed by atoms with Gasteiger partial charge in [0.05, 0.1) is 10.7 Å². The highest BCUT2D eigenvalue weighted by atomic mass is 32.1. The number of aromatic nitrogens is 1. The van der Waals surface area contributed by atoms with Crippen LogP contribution >= 0.6 is 11.3 Å². The molecule has 2 N–H and O–H groups in total. The maximum atomic E-state index is 5.92. The summed E-state index contributed by atoms with van der Waals surface area (Å²) >= 11 is 1.70. The molecule has 0 spiro atoms. The molecule has 0 bridgehead atoms. The first-order chi connectivity index (χ1) is 8.56. The molecule has 0 aliphatic carbocycles.